The average molecular weight is 444 g/mol. The Morgan fingerprint density at radius 3 is 2.53 bits per heavy atom. The van der Waals surface area contributed by atoms with Crippen LogP contribution in [0.25, 0.3) is 28.1 Å². The van der Waals surface area contributed by atoms with Gasteiger partial charge in [0.2, 0.25) is 5.78 Å². The van der Waals surface area contributed by atoms with E-state index < -0.39 is 0 Å². The van der Waals surface area contributed by atoms with E-state index in [2.05, 4.69) is 50.6 Å². The molecule has 34 heavy (non-hydrogen) atoms. The third-order valence-electron chi connectivity index (χ3n) is 5.83. The molecule has 0 aliphatic rings. The standard InChI is InChI=1S/C27H21N7/c1-2-8-19(9-3-1)22(23-11-6-7-13-28-23)17-30-26-21-10-4-5-12-24(21)32-25(33-26)20-16-31-27-29-14-15-34(27)18-20/h1-16,18,22H,17H2,(H,30,32,33). The van der Waals surface area contributed by atoms with Crippen molar-refractivity contribution < 1.29 is 0 Å². The second kappa shape index (κ2) is 8.71. The van der Waals surface area contributed by atoms with Gasteiger partial charge in [-0.15, -0.1) is 0 Å². The molecule has 1 N–H and O–H groups in total. The zero-order valence-corrected chi connectivity index (χ0v) is 18.3. The number of hydrogen-bond donors (Lipinski definition) is 1. The molecule has 1 unspecified atom stereocenters. The van der Waals surface area contributed by atoms with Crippen LogP contribution in [0.3, 0.4) is 0 Å². The molecule has 4 heterocycles. The monoisotopic (exact) mass is 443 g/mol. The summed E-state index contributed by atoms with van der Waals surface area (Å²) in [5.74, 6) is 2.11. The molecular weight excluding hydrogens is 422 g/mol. The summed E-state index contributed by atoms with van der Waals surface area (Å²) in [6.07, 6.45) is 9.13. The molecule has 0 saturated carbocycles. The van der Waals surface area contributed by atoms with Crippen molar-refractivity contribution in [3.8, 4) is 11.4 Å². The normalized spacial score (nSPS) is 12.1. The number of pyridine rings is 1. The minimum atomic E-state index is 0.0727. The van der Waals surface area contributed by atoms with Gasteiger partial charge in [-0.2, -0.15) is 0 Å². The zero-order chi connectivity index (χ0) is 22.7. The molecule has 6 aromatic rings. The number of benzene rings is 2. The van der Waals surface area contributed by atoms with E-state index in [1.807, 2.05) is 65.5 Å². The lowest BCUT2D eigenvalue weighted by molar-refractivity contribution is 0.813. The van der Waals surface area contributed by atoms with Gasteiger partial charge >= 0.3 is 0 Å². The Labute approximate surface area is 196 Å². The SMILES string of the molecule is c1ccc(C(CNc2nc(-c3cnc4nccn4c3)nc3ccccc23)c2ccccn2)cc1. The number of rotatable bonds is 6. The Morgan fingerprint density at radius 1 is 0.794 bits per heavy atom. The van der Waals surface area contributed by atoms with Crippen LogP contribution in [0.5, 0.6) is 0 Å². The van der Waals surface area contributed by atoms with Gasteiger partial charge in [-0.3, -0.25) is 9.38 Å². The van der Waals surface area contributed by atoms with E-state index in [1.165, 1.54) is 5.56 Å². The molecule has 1 atom stereocenters. The van der Waals surface area contributed by atoms with Gasteiger partial charge in [-0.05, 0) is 29.8 Å². The Hall–Kier alpha value is -4.65. The van der Waals surface area contributed by atoms with Crippen LogP contribution in [0.1, 0.15) is 17.2 Å². The molecule has 0 bridgehead atoms. The maximum atomic E-state index is 4.91. The molecule has 7 nitrogen and oxygen atoms in total. The van der Waals surface area contributed by atoms with Crippen LogP contribution in [-0.4, -0.2) is 35.9 Å². The number of anilines is 1. The Balaban J connectivity index is 1.40. The van der Waals surface area contributed by atoms with Crippen molar-refractivity contribution in [2.45, 2.75) is 5.92 Å². The fourth-order valence-corrected chi connectivity index (χ4v) is 4.13. The highest BCUT2D eigenvalue weighted by molar-refractivity contribution is 5.90. The number of hydrogen-bond acceptors (Lipinski definition) is 6. The summed E-state index contributed by atoms with van der Waals surface area (Å²) in [6.45, 7) is 0.639. The first-order valence-corrected chi connectivity index (χ1v) is 11.1. The first kappa shape index (κ1) is 20.0. The molecule has 2 aromatic carbocycles. The molecule has 0 amide bonds. The second-order valence-electron chi connectivity index (χ2n) is 7.99. The summed E-state index contributed by atoms with van der Waals surface area (Å²) in [5, 5.41) is 4.56. The van der Waals surface area contributed by atoms with Gasteiger partial charge in [0.15, 0.2) is 5.82 Å². The number of nitrogens with zero attached hydrogens (tertiary/aromatic N) is 6. The molecule has 0 spiro atoms. The van der Waals surface area contributed by atoms with Crippen LogP contribution in [0.2, 0.25) is 0 Å². The maximum absolute atomic E-state index is 4.91. The highest BCUT2D eigenvalue weighted by Crippen LogP contribution is 2.28. The van der Waals surface area contributed by atoms with Crippen molar-refractivity contribution in [2.75, 3.05) is 11.9 Å². The van der Waals surface area contributed by atoms with Gasteiger partial charge < -0.3 is 5.32 Å². The maximum Gasteiger partial charge on any atom is 0.233 e. The van der Waals surface area contributed by atoms with Gasteiger partial charge in [0.25, 0.3) is 0 Å². The van der Waals surface area contributed by atoms with E-state index >= 15 is 0 Å². The van der Waals surface area contributed by atoms with Crippen molar-refractivity contribution in [1.82, 2.24) is 29.3 Å². The van der Waals surface area contributed by atoms with Crippen LogP contribution >= 0.6 is 0 Å². The average Bonchev–Trinajstić information content (AvgIpc) is 3.38. The van der Waals surface area contributed by atoms with E-state index in [0.29, 0.717) is 18.1 Å². The van der Waals surface area contributed by atoms with Crippen molar-refractivity contribution in [3.63, 3.8) is 0 Å². The predicted molar refractivity (Wildman–Crippen MR) is 133 cm³/mol. The quantitative estimate of drug-likeness (QED) is 0.391. The number of para-hydroxylation sites is 1. The van der Waals surface area contributed by atoms with Crippen LogP contribution in [0.15, 0.2) is 104 Å². The summed E-state index contributed by atoms with van der Waals surface area (Å²) in [5.41, 5.74) is 3.90. The third kappa shape index (κ3) is 3.84. The Morgan fingerprint density at radius 2 is 1.65 bits per heavy atom. The lowest BCUT2D eigenvalue weighted by Gasteiger charge is -2.19. The lowest BCUT2D eigenvalue weighted by Crippen LogP contribution is -2.16. The highest BCUT2D eigenvalue weighted by Gasteiger charge is 2.17. The van der Waals surface area contributed by atoms with E-state index in [9.17, 15) is 0 Å². The van der Waals surface area contributed by atoms with Crippen molar-refractivity contribution >= 4 is 22.5 Å². The second-order valence-corrected chi connectivity index (χ2v) is 7.99. The molecule has 164 valence electrons. The molecular formula is C27H21N7. The van der Waals surface area contributed by atoms with Gasteiger partial charge in [0, 0.05) is 54.5 Å². The first-order valence-electron chi connectivity index (χ1n) is 11.1. The van der Waals surface area contributed by atoms with Crippen molar-refractivity contribution in [1.29, 1.82) is 0 Å². The Kier molecular flexibility index (Phi) is 5.12. The smallest absolute Gasteiger partial charge is 0.233 e. The first-order chi connectivity index (χ1) is 16.8. The van der Waals surface area contributed by atoms with Gasteiger partial charge in [0.05, 0.1) is 11.1 Å². The summed E-state index contributed by atoms with van der Waals surface area (Å²) >= 11 is 0. The van der Waals surface area contributed by atoms with Gasteiger partial charge in [-0.1, -0.05) is 48.5 Å². The van der Waals surface area contributed by atoms with E-state index in [4.69, 9.17) is 9.97 Å². The summed E-state index contributed by atoms with van der Waals surface area (Å²) in [4.78, 5) is 23.0. The summed E-state index contributed by atoms with van der Waals surface area (Å²) in [7, 11) is 0. The fraction of sp³-hybridized carbons (Fsp3) is 0.0741. The molecule has 6 rings (SSSR count). The third-order valence-corrected chi connectivity index (χ3v) is 5.83. The predicted octanol–water partition coefficient (Wildman–Crippen LogP) is 4.98. The number of nitrogens with one attached hydrogen (secondary N) is 1. The van der Waals surface area contributed by atoms with Crippen molar-refractivity contribution in [3.05, 3.63) is 115 Å². The molecule has 0 radical (unpaired) electrons. The van der Waals surface area contributed by atoms with E-state index in [1.54, 1.807) is 12.4 Å². The van der Waals surface area contributed by atoms with Crippen LogP contribution in [-0.2, 0) is 0 Å². The van der Waals surface area contributed by atoms with E-state index in [-0.39, 0.29) is 5.92 Å². The molecule has 4 aromatic heterocycles. The number of imidazole rings is 1. The fourth-order valence-electron chi connectivity index (χ4n) is 4.13. The molecule has 7 heteroatoms. The van der Waals surface area contributed by atoms with Crippen LogP contribution in [0.4, 0.5) is 5.82 Å². The van der Waals surface area contributed by atoms with Crippen LogP contribution < -0.4 is 5.32 Å². The number of fused-ring (bicyclic) bond motifs is 2. The zero-order valence-electron chi connectivity index (χ0n) is 18.3. The largest absolute Gasteiger partial charge is 0.368 e. The molecule has 0 saturated heterocycles. The Bertz CT molecular complexity index is 1520. The number of aromatic nitrogens is 6. The summed E-state index contributed by atoms with van der Waals surface area (Å²) in [6, 6.07) is 24.5. The highest BCUT2D eigenvalue weighted by atomic mass is 15.1. The molecule has 0 aliphatic carbocycles. The topological polar surface area (TPSA) is 80.9 Å². The van der Waals surface area contributed by atoms with Gasteiger partial charge in [-0.25, -0.2) is 19.9 Å². The lowest BCUT2D eigenvalue weighted by atomic mass is 9.95. The van der Waals surface area contributed by atoms with Gasteiger partial charge in [0.1, 0.15) is 5.82 Å². The van der Waals surface area contributed by atoms with E-state index in [0.717, 1.165) is 28.0 Å². The minimum Gasteiger partial charge on any atom is -0.368 e. The molecule has 0 fully saturated rings. The summed E-state index contributed by atoms with van der Waals surface area (Å²) < 4.78 is 1.87. The van der Waals surface area contributed by atoms with Crippen LogP contribution in [0, 0.1) is 0 Å². The molecule has 0 aliphatic heterocycles. The van der Waals surface area contributed by atoms with Crippen molar-refractivity contribution in [2.24, 2.45) is 0 Å². The minimum absolute atomic E-state index is 0.0727.